The molecule has 0 saturated carbocycles. The van der Waals surface area contributed by atoms with E-state index >= 15 is 0 Å². The van der Waals surface area contributed by atoms with Crippen LogP contribution in [0.15, 0.2) is 24.3 Å². The second kappa shape index (κ2) is 5.69. The lowest BCUT2D eigenvalue weighted by Gasteiger charge is -2.27. The van der Waals surface area contributed by atoms with Crippen molar-refractivity contribution in [3.63, 3.8) is 0 Å². The van der Waals surface area contributed by atoms with E-state index in [1.165, 1.54) is 18.2 Å². The van der Waals surface area contributed by atoms with E-state index in [1.807, 2.05) is 0 Å². The molecule has 0 atom stereocenters. The minimum absolute atomic E-state index is 0.0342. The molecule has 3 N–H and O–H groups in total. The SMILES string of the molecule is CC(C)(C)OC(=O)N(CC(=N)N)c1ccccc1F. The van der Waals surface area contributed by atoms with Crippen LogP contribution in [-0.4, -0.2) is 24.1 Å². The van der Waals surface area contributed by atoms with E-state index in [1.54, 1.807) is 26.8 Å². The smallest absolute Gasteiger partial charge is 0.415 e. The van der Waals surface area contributed by atoms with Gasteiger partial charge in [0.05, 0.1) is 12.2 Å². The van der Waals surface area contributed by atoms with Gasteiger partial charge in [-0.25, -0.2) is 9.18 Å². The van der Waals surface area contributed by atoms with Gasteiger partial charge >= 0.3 is 6.09 Å². The molecule has 0 aliphatic heterocycles. The number of anilines is 1. The van der Waals surface area contributed by atoms with Gasteiger partial charge in [0.25, 0.3) is 0 Å². The number of amides is 1. The van der Waals surface area contributed by atoms with Crippen molar-refractivity contribution in [2.75, 3.05) is 11.4 Å². The van der Waals surface area contributed by atoms with Gasteiger partial charge in [0, 0.05) is 0 Å². The molecular formula is C13H18FN3O2. The van der Waals surface area contributed by atoms with Crippen LogP contribution in [0.1, 0.15) is 20.8 Å². The fourth-order valence-corrected chi connectivity index (χ4v) is 1.41. The van der Waals surface area contributed by atoms with Crippen LogP contribution in [0, 0.1) is 11.2 Å². The Hall–Kier alpha value is -2.11. The summed E-state index contributed by atoms with van der Waals surface area (Å²) < 4.78 is 18.9. The molecule has 0 aliphatic rings. The van der Waals surface area contributed by atoms with Gasteiger partial charge in [0.15, 0.2) is 0 Å². The fraction of sp³-hybridized carbons (Fsp3) is 0.385. The summed E-state index contributed by atoms with van der Waals surface area (Å²) in [6.45, 7) is 4.89. The van der Waals surface area contributed by atoms with Crippen LogP contribution < -0.4 is 10.6 Å². The van der Waals surface area contributed by atoms with Gasteiger partial charge in [-0.05, 0) is 32.9 Å². The number of nitrogens with two attached hydrogens (primary N) is 1. The molecule has 0 heterocycles. The summed E-state index contributed by atoms with van der Waals surface area (Å²) >= 11 is 0. The summed E-state index contributed by atoms with van der Waals surface area (Å²) in [5.41, 5.74) is 4.62. The molecule has 104 valence electrons. The highest BCUT2D eigenvalue weighted by Gasteiger charge is 2.25. The summed E-state index contributed by atoms with van der Waals surface area (Å²) in [6.07, 6.45) is -0.743. The molecule has 0 saturated heterocycles. The molecule has 1 amide bonds. The molecule has 0 spiro atoms. The van der Waals surface area contributed by atoms with E-state index in [0.29, 0.717) is 0 Å². The number of carbonyl (C=O) groups excluding carboxylic acids is 1. The zero-order valence-electron chi connectivity index (χ0n) is 11.2. The summed E-state index contributed by atoms with van der Waals surface area (Å²) in [5, 5.41) is 7.27. The summed E-state index contributed by atoms with van der Waals surface area (Å²) in [5.74, 6) is -0.830. The highest BCUT2D eigenvalue weighted by molar-refractivity contribution is 5.95. The van der Waals surface area contributed by atoms with Crippen LogP contribution in [0.4, 0.5) is 14.9 Å². The molecule has 1 rings (SSSR count). The lowest BCUT2D eigenvalue weighted by molar-refractivity contribution is 0.0584. The van der Waals surface area contributed by atoms with Crippen molar-refractivity contribution in [2.24, 2.45) is 5.73 Å². The van der Waals surface area contributed by atoms with Crippen LogP contribution >= 0.6 is 0 Å². The lowest BCUT2D eigenvalue weighted by Crippen LogP contribution is -2.42. The molecule has 0 aliphatic carbocycles. The van der Waals surface area contributed by atoms with Crippen LogP contribution in [0.2, 0.25) is 0 Å². The Morgan fingerprint density at radius 2 is 2.00 bits per heavy atom. The predicted molar refractivity (Wildman–Crippen MR) is 71.9 cm³/mol. The van der Waals surface area contributed by atoms with Crippen molar-refractivity contribution in [2.45, 2.75) is 26.4 Å². The van der Waals surface area contributed by atoms with Crippen molar-refractivity contribution in [1.82, 2.24) is 0 Å². The van der Waals surface area contributed by atoms with Gasteiger partial charge < -0.3 is 10.5 Å². The molecular weight excluding hydrogens is 249 g/mol. The number of nitrogens with one attached hydrogen (secondary N) is 1. The van der Waals surface area contributed by atoms with Crippen LogP contribution in [0.25, 0.3) is 0 Å². The van der Waals surface area contributed by atoms with E-state index in [4.69, 9.17) is 15.9 Å². The number of amidine groups is 1. The number of rotatable bonds is 3. The van der Waals surface area contributed by atoms with Gasteiger partial charge in [-0.2, -0.15) is 0 Å². The number of benzene rings is 1. The highest BCUT2D eigenvalue weighted by Crippen LogP contribution is 2.21. The zero-order valence-corrected chi connectivity index (χ0v) is 11.2. The standard InChI is InChI=1S/C13H18FN3O2/c1-13(2,3)19-12(18)17(8-11(15)16)10-7-5-4-6-9(10)14/h4-7H,8H2,1-3H3,(H3,15,16). The highest BCUT2D eigenvalue weighted by atomic mass is 19.1. The monoisotopic (exact) mass is 267 g/mol. The molecule has 6 heteroatoms. The van der Waals surface area contributed by atoms with Crippen molar-refractivity contribution >= 4 is 17.6 Å². The van der Waals surface area contributed by atoms with Gasteiger partial charge in [0.2, 0.25) is 0 Å². The quantitative estimate of drug-likeness (QED) is 0.652. The number of halogens is 1. The summed E-state index contributed by atoms with van der Waals surface area (Å²) in [4.78, 5) is 13.0. The topological polar surface area (TPSA) is 79.4 Å². The molecule has 1 aromatic carbocycles. The molecule has 0 unspecified atom stereocenters. The third-order valence-corrected chi connectivity index (χ3v) is 2.09. The first-order valence-corrected chi connectivity index (χ1v) is 5.78. The largest absolute Gasteiger partial charge is 0.443 e. The van der Waals surface area contributed by atoms with Gasteiger partial charge in [-0.15, -0.1) is 0 Å². The Kier molecular flexibility index (Phi) is 4.47. The number of carbonyl (C=O) groups is 1. The second-order valence-electron chi connectivity index (χ2n) is 5.04. The molecule has 5 nitrogen and oxygen atoms in total. The minimum Gasteiger partial charge on any atom is -0.443 e. The first-order valence-electron chi connectivity index (χ1n) is 5.78. The predicted octanol–water partition coefficient (Wildman–Crippen LogP) is 2.50. The van der Waals surface area contributed by atoms with Gasteiger partial charge in [-0.1, -0.05) is 12.1 Å². The van der Waals surface area contributed by atoms with Gasteiger partial charge in [0.1, 0.15) is 17.3 Å². The van der Waals surface area contributed by atoms with Crippen LogP contribution in [0.5, 0.6) is 0 Å². The Morgan fingerprint density at radius 1 is 1.42 bits per heavy atom. The average Bonchev–Trinajstić information content (AvgIpc) is 2.24. The summed E-state index contributed by atoms with van der Waals surface area (Å²) in [6, 6.07) is 5.77. The first-order chi connectivity index (χ1) is 8.70. The number of nitrogens with zero attached hydrogens (tertiary/aromatic N) is 1. The van der Waals surface area contributed by atoms with E-state index in [9.17, 15) is 9.18 Å². The Labute approximate surface area is 111 Å². The third kappa shape index (κ3) is 4.57. The Morgan fingerprint density at radius 3 is 2.47 bits per heavy atom. The molecule has 19 heavy (non-hydrogen) atoms. The third-order valence-electron chi connectivity index (χ3n) is 2.09. The van der Waals surface area contributed by atoms with E-state index in [2.05, 4.69) is 0 Å². The van der Waals surface area contributed by atoms with Gasteiger partial charge in [-0.3, -0.25) is 10.3 Å². The molecule has 0 aromatic heterocycles. The van der Waals surface area contributed by atoms with Crippen molar-refractivity contribution < 1.29 is 13.9 Å². The first kappa shape index (κ1) is 14.9. The maximum Gasteiger partial charge on any atom is 0.415 e. The molecule has 0 radical (unpaired) electrons. The molecule has 1 aromatic rings. The van der Waals surface area contributed by atoms with Crippen molar-refractivity contribution in [1.29, 1.82) is 5.41 Å². The van der Waals surface area contributed by atoms with Crippen LogP contribution in [0.3, 0.4) is 0 Å². The van der Waals surface area contributed by atoms with Crippen molar-refractivity contribution in [3.8, 4) is 0 Å². The van der Waals surface area contributed by atoms with Crippen molar-refractivity contribution in [3.05, 3.63) is 30.1 Å². The maximum absolute atomic E-state index is 13.7. The number of hydrogen-bond acceptors (Lipinski definition) is 3. The Balaban J connectivity index is 3.05. The minimum atomic E-state index is -0.743. The Bertz CT molecular complexity index is 483. The lowest BCUT2D eigenvalue weighted by atomic mass is 10.2. The van der Waals surface area contributed by atoms with Crippen LogP contribution in [-0.2, 0) is 4.74 Å². The molecule has 0 fully saturated rings. The zero-order chi connectivity index (χ0) is 14.6. The van der Waals surface area contributed by atoms with E-state index < -0.39 is 17.5 Å². The van der Waals surface area contributed by atoms with E-state index in [0.717, 1.165) is 4.90 Å². The average molecular weight is 267 g/mol. The fourth-order valence-electron chi connectivity index (χ4n) is 1.41. The summed E-state index contributed by atoms with van der Waals surface area (Å²) in [7, 11) is 0. The number of para-hydroxylation sites is 1. The normalized spacial score (nSPS) is 10.9. The number of hydrogen-bond donors (Lipinski definition) is 2. The van der Waals surface area contributed by atoms with E-state index in [-0.39, 0.29) is 18.1 Å². The molecule has 0 bridgehead atoms. The second-order valence-corrected chi connectivity index (χ2v) is 5.04. The maximum atomic E-state index is 13.7. The number of ether oxygens (including phenoxy) is 1.